The Hall–Kier alpha value is -3.10. The van der Waals surface area contributed by atoms with Gasteiger partial charge < -0.3 is 9.64 Å². The molecule has 4 rings (SSSR count). The van der Waals surface area contributed by atoms with Crippen molar-refractivity contribution in [3.8, 4) is 22.3 Å². The number of carbonyl (C=O) groups excluding carboxylic acids is 1. The van der Waals surface area contributed by atoms with E-state index in [1.165, 1.54) is 11.3 Å². The number of hydrogen-bond acceptors (Lipinski definition) is 4. The first-order valence-corrected chi connectivity index (χ1v) is 9.18. The van der Waals surface area contributed by atoms with Crippen LogP contribution in [0.15, 0.2) is 60.7 Å². The van der Waals surface area contributed by atoms with Crippen molar-refractivity contribution in [1.29, 1.82) is 5.26 Å². The van der Waals surface area contributed by atoms with Crippen molar-refractivity contribution >= 4 is 22.9 Å². The lowest BCUT2D eigenvalue weighted by atomic mass is 10.1. The molecule has 0 atom stereocenters. The minimum Gasteiger partial charge on any atom is -0.488 e. The first kappa shape index (κ1) is 16.4. The van der Waals surface area contributed by atoms with Gasteiger partial charge in [-0.05, 0) is 30.3 Å². The van der Waals surface area contributed by atoms with Crippen LogP contribution in [0.25, 0.3) is 10.4 Å². The fraction of sp³-hybridized carbons (Fsp3) is 0.143. The van der Waals surface area contributed by atoms with Gasteiger partial charge in [-0.1, -0.05) is 30.3 Å². The fourth-order valence-corrected chi connectivity index (χ4v) is 4.20. The van der Waals surface area contributed by atoms with E-state index in [1.807, 2.05) is 60.7 Å². The number of anilines is 1. The molecule has 1 aromatic heterocycles. The van der Waals surface area contributed by atoms with Gasteiger partial charge in [0.2, 0.25) is 0 Å². The highest BCUT2D eigenvalue weighted by atomic mass is 32.1. The number of fused-ring (bicyclic) bond motifs is 3. The number of nitriles is 1. The fourth-order valence-electron chi connectivity index (χ4n) is 3.06. The van der Waals surface area contributed by atoms with E-state index in [0.29, 0.717) is 18.0 Å². The van der Waals surface area contributed by atoms with Crippen LogP contribution in [0.1, 0.15) is 21.7 Å². The van der Waals surface area contributed by atoms with E-state index in [0.717, 1.165) is 27.4 Å². The summed E-state index contributed by atoms with van der Waals surface area (Å²) >= 11 is 1.49. The second-order valence-corrected chi connectivity index (χ2v) is 7.00. The Labute approximate surface area is 155 Å². The molecule has 0 bridgehead atoms. The third-order valence-electron chi connectivity index (χ3n) is 4.29. The van der Waals surface area contributed by atoms with Crippen LogP contribution in [-0.4, -0.2) is 12.5 Å². The largest absolute Gasteiger partial charge is 0.488 e. The van der Waals surface area contributed by atoms with Gasteiger partial charge in [-0.15, -0.1) is 11.3 Å². The number of thiophene rings is 1. The predicted octanol–water partition coefficient (Wildman–Crippen LogP) is 4.87. The zero-order valence-electron chi connectivity index (χ0n) is 14.0. The molecule has 128 valence electrons. The van der Waals surface area contributed by atoms with Crippen molar-refractivity contribution < 1.29 is 9.53 Å². The van der Waals surface area contributed by atoms with Gasteiger partial charge in [-0.25, -0.2) is 0 Å². The Morgan fingerprint density at radius 1 is 1.15 bits per heavy atom. The maximum atomic E-state index is 13.2. The Balaban J connectivity index is 1.70. The molecule has 1 aliphatic rings. The normalized spacial score (nSPS) is 11.7. The van der Waals surface area contributed by atoms with Gasteiger partial charge in [-0.3, -0.25) is 4.79 Å². The molecule has 3 aromatic rings. The molecule has 1 amide bonds. The molecule has 2 heterocycles. The lowest BCUT2D eigenvalue weighted by molar-refractivity contribution is 0.0991. The number of ether oxygens (including phenoxy) is 1. The highest BCUT2D eigenvalue weighted by Crippen LogP contribution is 2.42. The second-order valence-electron chi connectivity index (χ2n) is 5.95. The summed E-state index contributed by atoms with van der Waals surface area (Å²) in [6.07, 6.45) is 0.289. The quantitative estimate of drug-likeness (QED) is 0.667. The van der Waals surface area contributed by atoms with Crippen LogP contribution >= 0.6 is 11.3 Å². The van der Waals surface area contributed by atoms with Crippen LogP contribution in [0, 0.1) is 11.3 Å². The molecule has 5 heteroatoms. The Morgan fingerprint density at radius 3 is 2.73 bits per heavy atom. The van der Waals surface area contributed by atoms with Gasteiger partial charge in [0.1, 0.15) is 12.4 Å². The topological polar surface area (TPSA) is 53.3 Å². The molecule has 0 spiro atoms. The third kappa shape index (κ3) is 2.96. The zero-order chi connectivity index (χ0) is 17.9. The number of carbonyl (C=O) groups is 1. The average molecular weight is 360 g/mol. The summed E-state index contributed by atoms with van der Waals surface area (Å²) in [6, 6.07) is 21.4. The summed E-state index contributed by atoms with van der Waals surface area (Å²) in [7, 11) is 0. The van der Waals surface area contributed by atoms with E-state index >= 15 is 0 Å². The highest BCUT2D eigenvalue weighted by molar-refractivity contribution is 7.17. The van der Waals surface area contributed by atoms with Crippen LogP contribution in [0.5, 0.6) is 5.75 Å². The van der Waals surface area contributed by atoms with Gasteiger partial charge in [0.05, 0.1) is 17.4 Å². The van der Waals surface area contributed by atoms with Crippen molar-refractivity contribution in [1.82, 2.24) is 0 Å². The maximum Gasteiger partial charge on any atom is 0.268 e. The summed E-state index contributed by atoms with van der Waals surface area (Å²) in [5, 5.41) is 8.95. The number of hydrogen-bond donors (Lipinski definition) is 0. The molecule has 4 nitrogen and oxygen atoms in total. The standard InChI is InChI=1S/C21H16N2O2S/c22-11-6-12-23(16-7-2-1-3-8-16)21(24)19-13-15-14-25-18-10-5-4-9-17(18)20(15)26-19/h1-5,7-10,13H,6,12,14H2. The molecule has 0 saturated heterocycles. The van der Waals surface area contributed by atoms with Crippen molar-refractivity contribution in [2.24, 2.45) is 0 Å². The summed E-state index contributed by atoms with van der Waals surface area (Å²) in [4.78, 5) is 16.6. The van der Waals surface area contributed by atoms with Gasteiger partial charge in [0.25, 0.3) is 5.91 Å². The average Bonchev–Trinajstić information content (AvgIpc) is 3.14. The number of rotatable bonds is 4. The smallest absolute Gasteiger partial charge is 0.268 e. The van der Waals surface area contributed by atoms with Gasteiger partial charge in [-0.2, -0.15) is 5.26 Å². The monoisotopic (exact) mass is 360 g/mol. The molecule has 0 aliphatic carbocycles. The Morgan fingerprint density at radius 2 is 1.92 bits per heavy atom. The Kier molecular flexibility index (Phi) is 4.42. The zero-order valence-corrected chi connectivity index (χ0v) is 14.8. The molecule has 0 saturated carbocycles. The molecule has 26 heavy (non-hydrogen) atoms. The van der Waals surface area contributed by atoms with E-state index in [1.54, 1.807) is 4.90 Å². The number of amides is 1. The van der Waals surface area contributed by atoms with E-state index in [-0.39, 0.29) is 12.3 Å². The summed E-state index contributed by atoms with van der Waals surface area (Å²) in [5.74, 6) is 0.772. The van der Waals surface area contributed by atoms with Crippen LogP contribution in [0.2, 0.25) is 0 Å². The summed E-state index contributed by atoms with van der Waals surface area (Å²) < 4.78 is 5.79. The predicted molar refractivity (Wildman–Crippen MR) is 102 cm³/mol. The van der Waals surface area contributed by atoms with Crippen LogP contribution < -0.4 is 9.64 Å². The number of benzene rings is 2. The van der Waals surface area contributed by atoms with Gasteiger partial charge in [0.15, 0.2) is 0 Å². The first-order valence-electron chi connectivity index (χ1n) is 8.36. The van der Waals surface area contributed by atoms with Crippen molar-refractivity contribution in [3.63, 3.8) is 0 Å². The summed E-state index contributed by atoms with van der Waals surface area (Å²) in [6.45, 7) is 0.842. The van der Waals surface area contributed by atoms with Crippen LogP contribution in [0.4, 0.5) is 5.69 Å². The second kappa shape index (κ2) is 7.03. The summed E-state index contributed by atoms with van der Waals surface area (Å²) in [5.41, 5.74) is 2.86. The van der Waals surface area contributed by atoms with Crippen molar-refractivity contribution in [2.75, 3.05) is 11.4 Å². The molecule has 0 radical (unpaired) electrons. The lowest BCUT2D eigenvalue weighted by Crippen LogP contribution is -2.31. The van der Waals surface area contributed by atoms with Crippen LogP contribution in [0.3, 0.4) is 0 Å². The molecule has 2 aromatic carbocycles. The maximum absolute atomic E-state index is 13.2. The van der Waals surface area contributed by atoms with E-state index in [4.69, 9.17) is 10.00 Å². The van der Waals surface area contributed by atoms with Gasteiger partial charge >= 0.3 is 0 Å². The molecular formula is C21H16N2O2S. The molecule has 0 N–H and O–H groups in total. The Bertz CT molecular complexity index is 989. The van der Waals surface area contributed by atoms with Crippen molar-refractivity contribution in [2.45, 2.75) is 13.0 Å². The molecule has 0 unspecified atom stereocenters. The van der Waals surface area contributed by atoms with E-state index in [2.05, 4.69) is 6.07 Å². The van der Waals surface area contributed by atoms with Gasteiger partial charge in [0, 0.05) is 28.2 Å². The SMILES string of the molecule is N#CCCN(C(=O)c1cc2c(s1)-c1ccccc1OC2)c1ccccc1. The first-order chi connectivity index (χ1) is 12.8. The minimum absolute atomic E-state index is 0.0802. The van der Waals surface area contributed by atoms with Crippen molar-refractivity contribution in [3.05, 3.63) is 71.1 Å². The van der Waals surface area contributed by atoms with E-state index in [9.17, 15) is 4.79 Å². The minimum atomic E-state index is -0.0802. The number of para-hydroxylation sites is 2. The van der Waals surface area contributed by atoms with Crippen LogP contribution in [-0.2, 0) is 6.61 Å². The highest BCUT2D eigenvalue weighted by Gasteiger charge is 2.25. The molecule has 1 aliphatic heterocycles. The lowest BCUT2D eigenvalue weighted by Gasteiger charge is -2.21. The third-order valence-corrected chi connectivity index (χ3v) is 5.49. The van der Waals surface area contributed by atoms with E-state index < -0.39 is 0 Å². The number of nitrogens with zero attached hydrogens (tertiary/aromatic N) is 2. The molecule has 0 fully saturated rings. The molecular weight excluding hydrogens is 344 g/mol.